The average Bonchev–Trinajstić information content (AvgIpc) is 2.90. The van der Waals surface area contributed by atoms with Crippen molar-refractivity contribution in [2.45, 2.75) is 38.6 Å². The number of carboxylic acids is 1. The Morgan fingerprint density at radius 1 is 1.00 bits per heavy atom. The predicted molar refractivity (Wildman–Crippen MR) is 161 cm³/mol. The van der Waals surface area contributed by atoms with Gasteiger partial charge in [0.05, 0.1) is 17.1 Å². The van der Waals surface area contributed by atoms with Crippen LogP contribution in [-0.2, 0) is 24.4 Å². The first-order valence-electron chi connectivity index (χ1n) is 13.0. The van der Waals surface area contributed by atoms with E-state index in [4.69, 9.17) is 16.3 Å². The Bertz CT molecular complexity index is 1570. The lowest BCUT2D eigenvalue weighted by molar-refractivity contribution is -0.140. The summed E-state index contributed by atoms with van der Waals surface area (Å²) in [5.41, 5.74) is 0.0818. The fraction of sp³-hybridized carbons (Fsp3) is 0.300. The van der Waals surface area contributed by atoms with Crippen molar-refractivity contribution in [2.75, 3.05) is 29.8 Å². The molecule has 12 heteroatoms. The molecule has 0 saturated carbocycles. The van der Waals surface area contributed by atoms with Crippen molar-refractivity contribution in [1.29, 1.82) is 0 Å². The number of anilines is 2. The number of nitrogens with zero attached hydrogens (tertiary/aromatic N) is 2. The molecular formula is C30H34ClN3O7S. The number of carboxylic acid groups (broad SMARTS) is 1. The molecule has 0 aliphatic heterocycles. The van der Waals surface area contributed by atoms with Crippen molar-refractivity contribution in [3.8, 4) is 5.75 Å². The summed E-state index contributed by atoms with van der Waals surface area (Å²) in [4.78, 5) is 38.6. The molecule has 0 heterocycles. The standard InChI is InChI=1S/C30H34ClN3O7S/c1-20-10-6-7-15-25(20)41-19-27(36)33(5)18-26(35)32-22-12-9-14-24(17-22)42(39,40)34(23-13-8-11-21(31)16-23)28(29(37)38)30(2,3)4/h6-17,28H,18-19H2,1-5H3,(H,32,35)(H,37,38). The average molecular weight is 616 g/mol. The summed E-state index contributed by atoms with van der Waals surface area (Å²) in [5, 5.41) is 12.9. The fourth-order valence-electron chi connectivity index (χ4n) is 4.18. The highest BCUT2D eigenvalue weighted by Gasteiger charge is 2.43. The van der Waals surface area contributed by atoms with Crippen LogP contribution < -0.4 is 14.4 Å². The molecule has 42 heavy (non-hydrogen) atoms. The van der Waals surface area contributed by atoms with Crippen molar-refractivity contribution in [1.82, 2.24) is 4.90 Å². The van der Waals surface area contributed by atoms with Crippen LogP contribution in [0.2, 0.25) is 5.02 Å². The Labute approximate surface area is 250 Å². The summed E-state index contributed by atoms with van der Waals surface area (Å²) in [6, 6.07) is 17.1. The fourth-order valence-corrected chi connectivity index (χ4v) is 6.20. The van der Waals surface area contributed by atoms with E-state index in [-0.39, 0.29) is 34.4 Å². The number of hydrogen-bond acceptors (Lipinski definition) is 6. The maximum absolute atomic E-state index is 14.0. The van der Waals surface area contributed by atoms with Gasteiger partial charge in [0, 0.05) is 17.8 Å². The minimum Gasteiger partial charge on any atom is -0.484 e. The van der Waals surface area contributed by atoms with Crippen LogP contribution in [0.4, 0.5) is 11.4 Å². The van der Waals surface area contributed by atoms with E-state index >= 15 is 0 Å². The van der Waals surface area contributed by atoms with Gasteiger partial charge in [-0.05, 0) is 60.4 Å². The van der Waals surface area contributed by atoms with Crippen LogP contribution in [0.15, 0.2) is 77.7 Å². The molecule has 0 aliphatic carbocycles. The van der Waals surface area contributed by atoms with E-state index in [0.29, 0.717) is 5.75 Å². The first-order valence-corrected chi connectivity index (χ1v) is 14.8. The summed E-state index contributed by atoms with van der Waals surface area (Å²) < 4.78 is 34.4. The zero-order chi connectivity index (χ0) is 31.2. The SMILES string of the molecule is Cc1ccccc1OCC(=O)N(C)CC(=O)Nc1cccc(S(=O)(=O)N(c2cccc(Cl)c2)C(C(=O)O)C(C)(C)C)c1. The molecule has 3 aromatic carbocycles. The summed E-state index contributed by atoms with van der Waals surface area (Å²) in [6.07, 6.45) is 0. The van der Waals surface area contributed by atoms with Crippen LogP contribution in [0.5, 0.6) is 5.75 Å². The molecule has 1 atom stereocenters. The monoisotopic (exact) mass is 615 g/mol. The van der Waals surface area contributed by atoms with Crippen LogP contribution in [0.3, 0.4) is 0 Å². The Hall–Kier alpha value is -4.09. The molecule has 1 unspecified atom stereocenters. The molecule has 0 spiro atoms. The number of aliphatic carboxylic acids is 1. The second-order valence-electron chi connectivity index (χ2n) is 10.8. The molecule has 0 aliphatic rings. The number of carbonyl (C=O) groups is 3. The summed E-state index contributed by atoms with van der Waals surface area (Å²) in [7, 11) is -3.02. The lowest BCUT2D eigenvalue weighted by Crippen LogP contribution is -2.52. The van der Waals surface area contributed by atoms with Gasteiger partial charge in [-0.1, -0.05) is 62.7 Å². The quantitative estimate of drug-likeness (QED) is 0.316. The van der Waals surface area contributed by atoms with Crippen LogP contribution in [-0.4, -0.2) is 62.4 Å². The Balaban J connectivity index is 1.81. The van der Waals surface area contributed by atoms with Gasteiger partial charge in [-0.3, -0.25) is 13.9 Å². The van der Waals surface area contributed by atoms with E-state index in [0.717, 1.165) is 9.87 Å². The van der Waals surface area contributed by atoms with Gasteiger partial charge in [0.25, 0.3) is 15.9 Å². The van der Waals surface area contributed by atoms with E-state index in [1.807, 2.05) is 19.1 Å². The number of amides is 2. The van der Waals surface area contributed by atoms with E-state index < -0.39 is 39.3 Å². The maximum Gasteiger partial charge on any atom is 0.328 e. The predicted octanol–water partition coefficient (Wildman–Crippen LogP) is 4.82. The lowest BCUT2D eigenvalue weighted by Gasteiger charge is -2.37. The zero-order valence-corrected chi connectivity index (χ0v) is 25.6. The molecule has 0 saturated heterocycles. The third-order valence-electron chi connectivity index (χ3n) is 6.28. The minimum absolute atomic E-state index is 0.0762. The van der Waals surface area contributed by atoms with Gasteiger partial charge < -0.3 is 20.1 Å². The number of sulfonamides is 1. The molecule has 2 N–H and O–H groups in total. The number of hydrogen-bond donors (Lipinski definition) is 2. The number of aryl methyl sites for hydroxylation is 1. The third-order valence-corrected chi connectivity index (χ3v) is 8.30. The van der Waals surface area contributed by atoms with Crippen LogP contribution in [0.1, 0.15) is 26.3 Å². The molecule has 0 bridgehead atoms. The number of likely N-dealkylation sites (N-methyl/N-ethyl adjacent to an activating group) is 1. The number of carbonyl (C=O) groups excluding carboxylic acids is 2. The van der Waals surface area contributed by atoms with Crippen molar-refractivity contribution in [3.05, 3.63) is 83.4 Å². The van der Waals surface area contributed by atoms with E-state index in [9.17, 15) is 27.9 Å². The van der Waals surface area contributed by atoms with Crippen molar-refractivity contribution in [2.24, 2.45) is 5.41 Å². The Kier molecular flexibility index (Phi) is 10.2. The van der Waals surface area contributed by atoms with E-state index in [2.05, 4.69) is 5.32 Å². The van der Waals surface area contributed by atoms with Gasteiger partial charge in [-0.2, -0.15) is 0 Å². The molecular weight excluding hydrogens is 582 g/mol. The van der Waals surface area contributed by atoms with Crippen LogP contribution in [0, 0.1) is 12.3 Å². The highest BCUT2D eigenvalue weighted by Crippen LogP contribution is 2.35. The maximum atomic E-state index is 14.0. The largest absolute Gasteiger partial charge is 0.484 e. The van der Waals surface area contributed by atoms with Crippen LogP contribution in [0.25, 0.3) is 0 Å². The molecule has 224 valence electrons. The van der Waals surface area contributed by atoms with E-state index in [1.54, 1.807) is 39.0 Å². The van der Waals surface area contributed by atoms with Gasteiger partial charge in [-0.25, -0.2) is 13.2 Å². The summed E-state index contributed by atoms with van der Waals surface area (Å²) in [6.45, 7) is 6.15. The molecule has 0 fully saturated rings. The van der Waals surface area contributed by atoms with Crippen LogP contribution >= 0.6 is 11.6 Å². The lowest BCUT2D eigenvalue weighted by atomic mass is 9.86. The molecule has 3 aromatic rings. The van der Waals surface area contributed by atoms with Gasteiger partial charge >= 0.3 is 5.97 Å². The number of para-hydroxylation sites is 1. The van der Waals surface area contributed by atoms with Crippen molar-refractivity contribution < 1.29 is 32.6 Å². The number of halogens is 1. The Morgan fingerprint density at radius 2 is 1.67 bits per heavy atom. The molecule has 0 aromatic heterocycles. The van der Waals surface area contributed by atoms with Gasteiger partial charge in [-0.15, -0.1) is 0 Å². The van der Waals surface area contributed by atoms with Gasteiger partial charge in [0.1, 0.15) is 11.8 Å². The molecule has 3 rings (SSSR count). The van der Waals surface area contributed by atoms with Gasteiger partial charge in [0.2, 0.25) is 5.91 Å². The van der Waals surface area contributed by atoms with Gasteiger partial charge in [0.15, 0.2) is 6.61 Å². The van der Waals surface area contributed by atoms with E-state index in [1.165, 1.54) is 54.4 Å². The number of rotatable bonds is 11. The van der Waals surface area contributed by atoms with Crippen molar-refractivity contribution >= 4 is 50.8 Å². The topological polar surface area (TPSA) is 133 Å². The number of ether oxygens (including phenoxy) is 1. The normalized spacial score (nSPS) is 12.2. The summed E-state index contributed by atoms with van der Waals surface area (Å²) in [5.74, 6) is -1.77. The highest BCUT2D eigenvalue weighted by molar-refractivity contribution is 7.93. The highest BCUT2D eigenvalue weighted by atomic mass is 35.5. The number of benzene rings is 3. The third kappa shape index (κ3) is 8.01. The van der Waals surface area contributed by atoms with Crippen molar-refractivity contribution in [3.63, 3.8) is 0 Å². The first kappa shape index (κ1) is 32.4. The molecule has 2 amide bonds. The second kappa shape index (κ2) is 13.3. The summed E-state index contributed by atoms with van der Waals surface area (Å²) >= 11 is 6.14. The molecule has 10 nitrogen and oxygen atoms in total. The zero-order valence-electron chi connectivity index (χ0n) is 24.0. The Morgan fingerprint density at radius 3 is 2.29 bits per heavy atom. The first-order chi connectivity index (χ1) is 19.6. The molecule has 0 radical (unpaired) electrons. The minimum atomic E-state index is -4.47. The second-order valence-corrected chi connectivity index (χ2v) is 13.0. The number of nitrogens with one attached hydrogen (secondary N) is 1. The smallest absolute Gasteiger partial charge is 0.328 e.